The zero-order valence-corrected chi connectivity index (χ0v) is 25.1. The van der Waals surface area contributed by atoms with E-state index in [9.17, 15) is 18.0 Å². The van der Waals surface area contributed by atoms with Crippen LogP contribution < -0.4 is 9.62 Å². The number of carbonyl (C=O) groups excluding carboxylic acids is 2. The summed E-state index contributed by atoms with van der Waals surface area (Å²) >= 11 is 0. The molecule has 1 saturated carbocycles. The number of nitrogens with zero attached hydrogens (tertiary/aromatic N) is 2. The second kappa shape index (κ2) is 13.8. The van der Waals surface area contributed by atoms with Crippen molar-refractivity contribution in [3.05, 3.63) is 95.6 Å². The molecule has 1 aliphatic rings. The second-order valence-electron chi connectivity index (χ2n) is 11.0. The molecule has 3 aromatic rings. The maximum Gasteiger partial charge on any atom is 0.264 e. The topological polar surface area (TPSA) is 86.8 Å². The van der Waals surface area contributed by atoms with Gasteiger partial charge in [0.25, 0.3) is 10.0 Å². The van der Waals surface area contributed by atoms with Crippen molar-refractivity contribution >= 4 is 27.5 Å². The first-order valence-electron chi connectivity index (χ1n) is 14.4. The SMILES string of the molecule is Cc1cc(C)cc(N(CC(=O)N(CCc2ccccc2)C(C)C(=O)NC2CCCCC2)S(=O)(=O)c2ccccc2)c1. The van der Waals surface area contributed by atoms with E-state index in [0.29, 0.717) is 12.1 Å². The molecule has 8 heteroatoms. The zero-order chi connectivity index (χ0) is 29.4. The normalized spacial score (nSPS) is 14.7. The van der Waals surface area contributed by atoms with E-state index in [0.717, 1.165) is 42.4 Å². The van der Waals surface area contributed by atoms with Crippen LogP contribution in [0.5, 0.6) is 0 Å². The Morgan fingerprint density at radius 3 is 2.07 bits per heavy atom. The molecule has 0 radical (unpaired) electrons. The third-order valence-corrected chi connectivity index (χ3v) is 9.50. The summed E-state index contributed by atoms with van der Waals surface area (Å²) in [5.74, 6) is -0.631. The van der Waals surface area contributed by atoms with Crippen molar-refractivity contribution in [2.45, 2.75) is 76.3 Å². The first kappa shape index (κ1) is 30.3. The van der Waals surface area contributed by atoms with Crippen LogP contribution in [0.3, 0.4) is 0 Å². The van der Waals surface area contributed by atoms with Crippen LogP contribution in [0.4, 0.5) is 5.69 Å². The smallest absolute Gasteiger partial charge is 0.264 e. The van der Waals surface area contributed by atoms with Gasteiger partial charge in [-0.1, -0.05) is 73.9 Å². The lowest BCUT2D eigenvalue weighted by Crippen LogP contribution is -2.53. The van der Waals surface area contributed by atoms with Gasteiger partial charge in [-0.15, -0.1) is 0 Å². The number of carbonyl (C=O) groups is 2. The predicted octanol–water partition coefficient (Wildman–Crippen LogP) is 5.41. The number of nitrogens with one attached hydrogen (secondary N) is 1. The Bertz CT molecular complexity index is 1400. The molecule has 0 saturated heterocycles. The molecular weight excluding hydrogens is 534 g/mol. The molecule has 7 nitrogen and oxygen atoms in total. The van der Waals surface area contributed by atoms with Gasteiger partial charge in [0, 0.05) is 12.6 Å². The molecule has 0 aliphatic heterocycles. The van der Waals surface area contributed by atoms with E-state index >= 15 is 0 Å². The van der Waals surface area contributed by atoms with Crippen LogP contribution in [0.2, 0.25) is 0 Å². The first-order valence-corrected chi connectivity index (χ1v) is 15.9. The van der Waals surface area contributed by atoms with Gasteiger partial charge in [-0.25, -0.2) is 8.42 Å². The lowest BCUT2D eigenvalue weighted by atomic mass is 9.95. The maximum atomic E-state index is 14.1. The van der Waals surface area contributed by atoms with Gasteiger partial charge in [0.2, 0.25) is 11.8 Å². The predicted molar refractivity (Wildman–Crippen MR) is 163 cm³/mol. The minimum absolute atomic E-state index is 0.103. The van der Waals surface area contributed by atoms with E-state index in [2.05, 4.69) is 5.32 Å². The largest absolute Gasteiger partial charge is 0.352 e. The number of sulfonamides is 1. The monoisotopic (exact) mass is 575 g/mol. The van der Waals surface area contributed by atoms with Crippen LogP contribution in [0.1, 0.15) is 55.7 Å². The summed E-state index contributed by atoms with van der Waals surface area (Å²) in [6, 6.07) is 22.8. The molecule has 1 atom stereocenters. The van der Waals surface area contributed by atoms with Gasteiger partial charge in [0.15, 0.2) is 0 Å². The molecule has 0 aromatic heterocycles. The van der Waals surface area contributed by atoms with Crippen molar-refractivity contribution < 1.29 is 18.0 Å². The average molecular weight is 576 g/mol. The van der Waals surface area contributed by atoms with Crippen molar-refractivity contribution in [1.82, 2.24) is 10.2 Å². The second-order valence-corrected chi connectivity index (χ2v) is 12.9. The lowest BCUT2D eigenvalue weighted by molar-refractivity contribution is -0.139. The summed E-state index contributed by atoms with van der Waals surface area (Å²) in [5, 5.41) is 3.14. The number of benzene rings is 3. The van der Waals surface area contributed by atoms with E-state index in [1.54, 1.807) is 37.3 Å². The number of amides is 2. The molecule has 218 valence electrons. The van der Waals surface area contributed by atoms with Gasteiger partial charge in [0.1, 0.15) is 12.6 Å². The highest BCUT2D eigenvalue weighted by Crippen LogP contribution is 2.26. The summed E-state index contributed by atoms with van der Waals surface area (Å²) in [7, 11) is -4.07. The van der Waals surface area contributed by atoms with E-state index in [-0.39, 0.29) is 23.4 Å². The molecule has 2 amide bonds. The summed E-state index contributed by atoms with van der Waals surface area (Å²) in [4.78, 5) is 29.1. The Labute approximate surface area is 244 Å². The molecule has 0 bridgehead atoms. The number of anilines is 1. The van der Waals surface area contributed by atoms with Crippen molar-refractivity contribution in [2.24, 2.45) is 0 Å². The van der Waals surface area contributed by atoms with E-state index in [1.165, 1.54) is 27.8 Å². The van der Waals surface area contributed by atoms with Crippen LogP contribution in [0.25, 0.3) is 0 Å². The number of aryl methyl sites for hydroxylation is 2. The van der Waals surface area contributed by atoms with Gasteiger partial charge in [-0.2, -0.15) is 0 Å². The quantitative estimate of drug-likeness (QED) is 0.331. The van der Waals surface area contributed by atoms with Crippen LogP contribution >= 0.6 is 0 Å². The van der Waals surface area contributed by atoms with Gasteiger partial charge >= 0.3 is 0 Å². The highest BCUT2D eigenvalue weighted by Gasteiger charge is 2.33. The Kier molecular flexibility index (Phi) is 10.2. The van der Waals surface area contributed by atoms with Crippen molar-refractivity contribution in [3.63, 3.8) is 0 Å². The summed E-state index contributed by atoms with van der Waals surface area (Å²) in [5.41, 5.74) is 3.24. The van der Waals surface area contributed by atoms with Gasteiger partial charge < -0.3 is 10.2 Å². The molecule has 1 aliphatic carbocycles. The molecule has 4 rings (SSSR count). The minimum Gasteiger partial charge on any atom is -0.352 e. The van der Waals surface area contributed by atoms with Crippen LogP contribution in [-0.2, 0) is 26.0 Å². The van der Waals surface area contributed by atoms with Gasteiger partial charge in [-0.3, -0.25) is 13.9 Å². The molecular formula is C33H41N3O4S. The molecule has 3 aromatic carbocycles. The molecule has 0 spiro atoms. The Morgan fingerprint density at radius 1 is 0.878 bits per heavy atom. The third kappa shape index (κ3) is 7.97. The Morgan fingerprint density at radius 2 is 1.46 bits per heavy atom. The van der Waals surface area contributed by atoms with Crippen molar-refractivity contribution in [3.8, 4) is 0 Å². The van der Waals surface area contributed by atoms with Crippen LogP contribution in [0.15, 0.2) is 83.8 Å². The zero-order valence-electron chi connectivity index (χ0n) is 24.3. The highest BCUT2D eigenvalue weighted by molar-refractivity contribution is 7.92. The number of rotatable bonds is 11. The van der Waals surface area contributed by atoms with Crippen molar-refractivity contribution in [1.29, 1.82) is 0 Å². The first-order chi connectivity index (χ1) is 19.6. The fourth-order valence-electron chi connectivity index (χ4n) is 5.48. The average Bonchev–Trinajstić information content (AvgIpc) is 2.96. The number of hydrogen-bond acceptors (Lipinski definition) is 4. The van der Waals surface area contributed by atoms with Crippen LogP contribution in [-0.4, -0.2) is 50.3 Å². The molecule has 1 fully saturated rings. The van der Waals surface area contributed by atoms with E-state index < -0.39 is 28.5 Å². The molecule has 41 heavy (non-hydrogen) atoms. The van der Waals surface area contributed by atoms with E-state index in [1.807, 2.05) is 50.2 Å². The molecule has 0 heterocycles. The fourth-order valence-corrected chi connectivity index (χ4v) is 6.90. The minimum atomic E-state index is -4.07. The summed E-state index contributed by atoms with van der Waals surface area (Å²) < 4.78 is 29.0. The summed E-state index contributed by atoms with van der Waals surface area (Å²) in [6.07, 6.45) is 5.76. The Hall–Kier alpha value is -3.65. The van der Waals surface area contributed by atoms with Gasteiger partial charge in [-0.05, 0) is 81.0 Å². The van der Waals surface area contributed by atoms with E-state index in [4.69, 9.17) is 0 Å². The highest BCUT2D eigenvalue weighted by atomic mass is 32.2. The molecule has 1 unspecified atom stereocenters. The maximum absolute atomic E-state index is 14.1. The summed E-state index contributed by atoms with van der Waals surface area (Å²) in [6.45, 7) is 5.39. The third-order valence-electron chi connectivity index (χ3n) is 7.71. The Balaban J connectivity index is 1.65. The molecule has 1 N–H and O–H groups in total. The fraction of sp³-hybridized carbons (Fsp3) is 0.394. The van der Waals surface area contributed by atoms with Crippen molar-refractivity contribution in [2.75, 3.05) is 17.4 Å². The standard InChI is InChI=1S/C33H41N3O4S/c1-25-21-26(2)23-30(22-25)36(41(39,40)31-17-11-6-12-18-31)24-32(37)35(20-19-28-13-7-4-8-14-28)27(3)33(38)34-29-15-9-5-10-16-29/h4,6-8,11-14,17-18,21-23,27,29H,5,9-10,15-16,19-20,24H2,1-3H3,(H,34,38). The lowest BCUT2D eigenvalue weighted by Gasteiger charge is -2.33. The van der Waals surface area contributed by atoms with Crippen LogP contribution in [0, 0.1) is 13.8 Å². The number of hydrogen-bond donors (Lipinski definition) is 1. The van der Waals surface area contributed by atoms with Gasteiger partial charge in [0.05, 0.1) is 10.6 Å².